The number of H-pyrrole nitrogens is 1. The van der Waals surface area contributed by atoms with E-state index in [1.54, 1.807) is 216 Å². The van der Waals surface area contributed by atoms with Crippen LogP contribution in [0, 0.1) is 39.6 Å². The van der Waals surface area contributed by atoms with Gasteiger partial charge in [-0.3, -0.25) is 73.2 Å². The lowest BCUT2D eigenvalue weighted by molar-refractivity contribution is -0.141. The van der Waals surface area contributed by atoms with Crippen LogP contribution in [0.1, 0.15) is 127 Å². The van der Waals surface area contributed by atoms with Crippen LogP contribution in [0.15, 0.2) is 233 Å². The van der Waals surface area contributed by atoms with Gasteiger partial charge in [0.15, 0.2) is 31.5 Å². The number of nitrogens with zero attached hydrogens (tertiary/aromatic N) is 29. The molecule has 1 N–H and O–H groups in total. The van der Waals surface area contributed by atoms with Crippen LogP contribution in [0.5, 0.6) is 0 Å². The van der Waals surface area contributed by atoms with Crippen LogP contribution in [0.25, 0.3) is 34.1 Å². The lowest BCUT2D eigenvalue weighted by Gasteiger charge is -2.27. The first-order chi connectivity index (χ1) is 69.9. The van der Waals surface area contributed by atoms with Gasteiger partial charge in [0.1, 0.15) is 45.4 Å². The molecule has 1 aliphatic heterocycles. The highest BCUT2D eigenvalue weighted by molar-refractivity contribution is 6.34. The SMILES string of the molecule is C.CCN(C(=O)/C=C/C(F)(F)F)c1cn(-c2cccnc2)nc1Cl.CCn1ncc(C(=O)N(C)c2cn(-c3cccnc3)nc2Cl)c1C.CN(C(=O)CC1CCOCC1)c1cn(-c2cccnc2)nc1Cl.CN(C(=O)c1cc(C(F)(F)F)nn1C)c1cn(-c2cccnc2)nc1Cl.Cc1n[nH]c(C)c1C(=O)N(C)c1cn(-c2cccnc2)nc1Cl.Cc1nn(-c2cccnc2)c(F)c1N(Cc1ccccc1)C(=O)OC(C)(C)C. The number of likely N-dealkylation sites (N-methyl/N-ethyl adjacent to an activating group) is 1. The third-order valence-corrected chi connectivity index (χ3v) is 23.3. The molecule has 15 aromatic heterocycles. The average molecular weight is 2140 g/mol. The lowest BCUT2D eigenvalue weighted by atomic mass is 9.96. The minimum atomic E-state index is -4.64. The molecule has 38 nitrogen and oxygen atoms in total. The molecule has 1 fully saturated rings. The fraction of sp³-hybridized carbons (Fsp3) is 0.276. The van der Waals surface area contributed by atoms with Crippen LogP contribution >= 0.6 is 58.0 Å². The second-order valence-corrected chi connectivity index (χ2v) is 35.1. The number of hydrogen-bond acceptors (Lipinski definition) is 23. The van der Waals surface area contributed by atoms with E-state index in [0.717, 1.165) is 79.2 Å². The molecule has 16 aromatic rings. The molecule has 1 aromatic carbocycles. The number of halogens is 12. The summed E-state index contributed by atoms with van der Waals surface area (Å²) in [6.45, 7) is 18.5. The molecule has 776 valence electrons. The van der Waals surface area contributed by atoms with Gasteiger partial charge in [-0.05, 0) is 159 Å². The Kier molecular flexibility index (Phi) is 38.4. The van der Waals surface area contributed by atoms with Crippen molar-refractivity contribution in [3.63, 3.8) is 0 Å². The lowest BCUT2D eigenvalue weighted by Crippen LogP contribution is -2.37. The number of aromatic nitrogens is 24. The van der Waals surface area contributed by atoms with Crippen LogP contribution in [-0.2, 0) is 45.4 Å². The number of amides is 6. The van der Waals surface area contributed by atoms with Crippen LogP contribution in [0.3, 0.4) is 0 Å². The smallest absolute Gasteiger partial charge is 0.435 e. The van der Waals surface area contributed by atoms with E-state index in [2.05, 4.69) is 80.9 Å². The number of hydrogen-bond donors (Lipinski definition) is 1. The van der Waals surface area contributed by atoms with Crippen LogP contribution < -0.4 is 29.4 Å². The summed E-state index contributed by atoms with van der Waals surface area (Å²) >= 11 is 30.7. The van der Waals surface area contributed by atoms with Gasteiger partial charge in [-0.1, -0.05) is 95.8 Å². The Labute approximate surface area is 869 Å². The van der Waals surface area contributed by atoms with Crippen molar-refractivity contribution in [3.8, 4) is 34.1 Å². The predicted molar refractivity (Wildman–Crippen MR) is 545 cm³/mol. The van der Waals surface area contributed by atoms with Gasteiger partial charge in [-0.25, -0.2) is 32.9 Å². The standard InChI is InChI=1S/C21H23FN4O2.C16H17ClN6O.C16H19ClN4O2.C15H12ClF3N6O.C15H15ClN6O.C14H12ClF3N4O.CH4/c1-15-18(19(22)26(24-15)17-11-8-12-23-13-17)25(20(27)28-21(2,3)4)14-16-9-6-5-7-10-16;1-4-22-11(2)13(9-19-22)16(24)21(3)14-10-23(20-15(14)17)12-6-5-7-18-8-12;1-20(15(22)9-12-4-7-23-8-5-12)14-11-21(19-16(14)17)13-3-2-6-18-10-13;1-23(14(26)10-6-12(15(17,18)19)21-24(10)2)11-8-25(22-13(11)16)9-4-3-5-20-7-9;1-9-13(10(2)19-18-9)15(23)21(3)12-8-22(20-14(12)16)11-5-4-6-17-7-11;1-2-21(12(23)5-6-14(16,17)18)11-9-22(20-13(11)15)10-4-3-7-19-8-10;/h5-13H,14H2,1-4H3;5-10H,4H2,1-3H3;2-3,6,10-12H,4-5,7-9H2,1H3;3-8H,1-2H3;4-8H,1-3H3,(H,18,19);3-9H,2H2,1H3;1H4/b;;;;;6-5+;. The van der Waals surface area contributed by atoms with Gasteiger partial charge in [0.25, 0.3) is 23.6 Å². The summed E-state index contributed by atoms with van der Waals surface area (Å²) < 4.78 is 113. The van der Waals surface area contributed by atoms with Crippen molar-refractivity contribution in [3.05, 3.63) is 315 Å². The second-order valence-electron chi connectivity index (χ2n) is 33.3. The molecule has 0 unspecified atom stereocenters. The number of allylic oxidation sites excluding steroid dienone is 1. The Hall–Kier alpha value is -15.7. The van der Waals surface area contributed by atoms with Crippen molar-refractivity contribution in [2.24, 2.45) is 13.0 Å². The molecule has 0 saturated carbocycles. The quantitative estimate of drug-likeness (QED) is 0.0486. The Balaban J connectivity index is 0.000000169. The number of pyridine rings is 6. The molecule has 0 aliphatic carbocycles. The van der Waals surface area contributed by atoms with Gasteiger partial charge in [0.2, 0.25) is 11.9 Å². The summed E-state index contributed by atoms with van der Waals surface area (Å²) in [5, 5.41) is 40.4. The topological polar surface area (TPSA) is 389 Å². The van der Waals surface area contributed by atoms with Gasteiger partial charge < -0.3 is 34.0 Å². The molecule has 16 heterocycles. The number of aryl methyl sites for hydroxylation is 5. The van der Waals surface area contributed by atoms with E-state index in [9.17, 15) is 55.1 Å². The average Bonchev–Trinajstić information content (AvgIpc) is 1.64. The molecule has 50 heteroatoms. The van der Waals surface area contributed by atoms with Crippen molar-refractivity contribution in [2.45, 2.75) is 120 Å². The zero-order valence-corrected chi connectivity index (χ0v) is 85.2. The van der Waals surface area contributed by atoms with E-state index in [4.69, 9.17) is 67.5 Å². The summed E-state index contributed by atoms with van der Waals surface area (Å²) in [5.74, 6) is -2.13. The summed E-state index contributed by atoms with van der Waals surface area (Å²) in [7, 11) is 7.71. The maximum atomic E-state index is 15.3. The van der Waals surface area contributed by atoms with E-state index in [0.29, 0.717) is 92.8 Å². The monoisotopic (exact) mass is 2130 g/mol. The summed E-state index contributed by atoms with van der Waals surface area (Å²) in [6.07, 6.45) is 22.0. The number of anilines is 6. The number of alkyl halides is 6. The predicted octanol–water partition coefficient (Wildman–Crippen LogP) is 19.6. The van der Waals surface area contributed by atoms with E-state index in [-0.39, 0.29) is 87.7 Å². The second kappa shape index (κ2) is 50.4. The highest BCUT2D eigenvalue weighted by Gasteiger charge is 2.38. The molecule has 17 rings (SSSR count). The third-order valence-electron chi connectivity index (χ3n) is 21.9. The first-order valence-electron chi connectivity index (χ1n) is 44.8. The molecule has 0 atom stereocenters. The fourth-order valence-electron chi connectivity index (χ4n) is 14.3. The number of carbonyl (C=O) groups excluding carboxylic acids is 6. The van der Waals surface area contributed by atoms with Gasteiger partial charge in [-0.2, -0.15) is 76.6 Å². The van der Waals surface area contributed by atoms with Gasteiger partial charge in [0.05, 0.1) is 138 Å². The highest BCUT2D eigenvalue weighted by atomic mass is 35.5. The largest absolute Gasteiger partial charge is 0.443 e. The maximum Gasteiger partial charge on any atom is 0.435 e. The maximum absolute atomic E-state index is 15.3. The minimum Gasteiger partial charge on any atom is -0.443 e. The zero-order chi connectivity index (χ0) is 106. The number of benzene rings is 1. The molecule has 0 bridgehead atoms. The molecule has 148 heavy (non-hydrogen) atoms. The van der Waals surface area contributed by atoms with Crippen molar-refractivity contribution in [1.82, 2.24) is 118 Å². The van der Waals surface area contributed by atoms with E-state index in [1.807, 2.05) is 81.4 Å². The number of nitrogens with one attached hydrogen (secondary N) is 1. The molecule has 0 radical (unpaired) electrons. The highest BCUT2D eigenvalue weighted by Crippen LogP contribution is 2.37. The number of aromatic amines is 1. The van der Waals surface area contributed by atoms with Gasteiger partial charge in [-0.15, -0.1) is 0 Å². The normalized spacial score (nSPS) is 11.9. The van der Waals surface area contributed by atoms with Crippen LogP contribution in [0.2, 0.25) is 25.8 Å². The minimum absolute atomic E-state index is 0. The van der Waals surface area contributed by atoms with E-state index < -0.39 is 47.5 Å². The molecular formula is C98H102Cl5F7N30O8. The number of ether oxygens (including phenoxy) is 2. The van der Waals surface area contributed by atoms with Crippen molar-refractivity contribution in [1.29, 1.82) is 0 Å². The summed E-state index contributed by atoms with van der Waals surface area (Å²) in [6, 6.07) is 31.3. The molecule has 0 spiro atoms. The van der Waals surface area contributed by atoms with E-state index in [1.165, 1.54) is 62.9 Å². The van der Waals surface area contributed by atoms with Crippen molar-refractivity contribution < 1.29 is 69.0 Å². The molecule has 6 amide bonds. The van der Waals surface area contributed by atoms with Crippen molar-refractivity contribution >= 4 is 128 Å². The summed E-state index contributed by atoms with van der Waals surface area (Å²) in [5.41, 5.74) is 8.60. The Morgan fingerprint density at radius 3 is 1.30 bits per heavy atom. The van der Waals surface area contributed by atoms with Gasteiger partial charge in [0, 0.05) is 135 Å². The van der Waals surface area contributed by atoms with Crippen LogP contribution in [0.4, 0.5) is 69.7 Å². The Bertz CT molecular complexity index is 7180. The number of rotatable bonds is 22. The van der Waals surface area contributed by atoms with Crippen molar-refractivity contribution in [2.75, 3.05) is 77.3 Å². The third kappa shape index (κ3) is 28.7. The van der Waals surface area contributed by atoms with Gasteiger partial charge >= 0.3 is 18.4 Å². The molecule has 1 saturated heterocycles. The molecule has 1 aliphatic rings. The first kappa shape index (κ1) is 113. The summed E-state index contributed by atoms with van der Waals surface area (Å²) in [4.78, 5) is 107. The Morgan fingerprint density at radius 2 is 0.926 bits per heavy atom. The molecular weight excluding hydrogens is 2040 g/mol. The zero-order valence-electron chi connectivity index (χ0n) is 81.4. The van der Waals surface area contributed by atoms with E-state index >= 15 is 4.39 Å². The number of carbonyl (C=O) groups is 6. The fourth-order valence-corrected chi connectivity index (χ4v) is 15.6. The Morgan fingerprint density at radius 1 is 0.514 bits per heavy atom. The first-order valence-corrected chi connectivity index (χ1v) is 46.7. The van der Waals surface area contributed by atoms with Crippen LogP contribution in [-0.4, -0.2) is 214 Å².